The molecule has 6 heteroatoms. The van der Waals surface area contributed by atoms with E-state index in [1.165, 1.54) is 4.40 Å². The first-order valence-corrected chi connectivity index (χ1v) is 9.02. The summed E-state index contributed by atoms with van der Waals surface area (Å²) in [5.41, 5.74) is 1.73. The SMILES string of the molecule is CC(CN(C)C)=NC(=O)c1cccn2c(=O)c3ccc4ccccc4c3nc12. The maximum atomic E-state index is 13.0. The Balaban J connectivity index is 2.00. The van der Waals surface area contributed by atoms with Gasteiger partial charge < -0.3 is 4.90 Å². The number of carbonyl (C=O) groups excluding carboxylic acids is 1. The lowest BCUT2D eigenvalue weighted by Crippen LogP contribution is -2.21. The molecule has 0 saturated heterocycles. The predicted octanol–water partition coefficient (Wildman–Crippen LogP) is 3.16. The number of fused-ring (bicyclic) bond motifs is 4. The molecule has 2 heterocycles. The van der Waals surface area contributed by atoms with Gasteiger partial charge in [0.15, 0.2) is 5.65 Å². The van der Waals surface area contributed by atoms with E-state index in [1.54, 1.807) is 24.4 Å². The van der Waals surface area contributed by atoms with Gasteiger partial charge in [-0.2, -0.15) is 0 Å². The molecule has 28 heavy (non-hydrogen) atoms. The number of rotatable bonds is 3. The van der Waals surface area contributed by atoms with E-state index in [9.17, 15) is 9.59 Å². The van der Waals surface area contributed by atoms with Gasteiger partial charge in [0.2, 0.25) is 0 Å². The first-order chi connectivity index (χ1) is 13.5. The topological polar surface area (TPSA) is 67.0 Å². The average Bonchev–Trinajstić information content (AvgIpc) is 2.67. The van der Waals surface area contributed by atoms with Crippen LogP contribution in [0.5, 0.6) is 0 Å². The van der Waals surface area contributed by atoms with Gasteiger partial charge in [-0.3, -0.25) is 14.0 Å². The van der Waals surface area contributed by atoms with Crippen LogP contribution in [0.15, 0.2) is 64.5 Å². The number of hydrogen-bond donors (Lipinski definition) is 0. The number of nitrogens with zero attached hydrogens (tertiary/aromatic N) is 4. The van der Waals surface area contributed by atoms with Crippen molar-refractivity contribution in [3.63, 3.8) is 0 Å². The quantitative estimate of drug-likeness (QED) is 0.315. The Morgan fingerprint density at radius 1 is 1.07 bits per heavy atom. The minimum Gasteiger partial charge on any atom is -0.304 e. The van der Waals surface area contributed by atoms with Crippen LogP contribution in [0.2, 0.25) is 0 Å². The minimum absolute atomic E-state index is 0.200. The molecule has 0 aliphatic carbocycles. The van der Waals surface area contributed by atoms with Gasteiger partial charge in [0.1, 0.15) is 0 Å². The fourth-order valence-electron chi connectivity index (χ4n) is 3.46. The van der Waals surface area contributed by atoms with Crippen molar-refractivity contribution in [1.29, 1.82) is 0 Å². The second-order valence-electron chi connectivity index (χ2n) is 7.11. The van der Waals surface area contributed by atoms with Crippen LogP contribution in [-0.4, -0.2) is 46.5 Å². The van der Waals surface area contributed by atoms with Crippen molar-refractivity contribution in [1.82, 2.24) is 14.3 Å². The first kappa shape index (κ1) is 18.0. The van der Waals surface area contributed by atoms with E-state index >= 15 is 0 Å². The van der Waals surface area contributed by atoms with Crippen LogP contribution in [-0.2, 0) is 0 Å². The summed E-state index contributed by atoms with van der Waals surface area (Å²) in [4.78, 5) is 36.7. The highest BCUT2D eigenvalue weighted by Gasteiger charge is 2.15. The molecule has 0 atom stereocenters. The Bertz CT molecular complexity index is 1320. The summed E-state index contributed by atoms with van der Waals surface area (Å²) in [7, 11) is 3.83. The lowest BCUT2D eigenvalue weighted by molar-refractivity contribution is 0.100. The fraction of sp³-hybridized carbons (Fsp3) is 0.182. The van der Waals surface area contributed by atoms with Crippen molar-refractivity contribution in [3.8, 4) is 0 Å². The third kappa shape index (κ3) is 3.08. The zero-order chi connectivity index (χ0) is 19.8. The zero-order valence-electron chi connectivity index (χ0n) is 16.0. The Labute approximate surface area is 161 Å². The van der Waals surface area contributed by atoms with Crippen molar-refractivity contribution in [3.05, 3.63) is 70.6 Å². The molecule has 4 aromatic rings. The first-order valence-electron chi connectivity index (χ1n) is 9.02. The molecule has 2 aromatic heterocycles. The number of carbonyl (C=O) groups is 1. The average molecular weight is 372 g/mol. The molecule has 1 amide bonds. The van der Waals surface area contributed by atoms with Gasteiger partial charge in [-0.1, -0.05) is 30.3 Å². The number of benzene rings is 2. The van der Waals surface area contributed by atoms with E-state index < -0.39 is 5.91 Å². The highest BCUT2D eigenvalue weighted by atomic mass is 16.1. The molecule has 0 fully saturated rings. The molecule has 0 unspecified atom stereocenters. The smallest absolute Gasteiger partial charge is 0.280 e. The molecule has 0 aliphatic rings. The van der Waals surface area contributed by atoms with Crippen LogP contribution in [0.3, 0.4) is 0 Å². The van der Waals surface area contributed by atoms with Gasteiger partial charge in [-0.15, -0.1) is 0 Å². The third-order valence-electron chi connectivity index (χ3n) is 4.60. The number of pyridine rings is 1. The van der Waals surface area contributed by atoms with Gasteiger partial charge in [0.25, 0.3) is 11.5 Å². The van der Waals surface area contributed by atoms with Crippen LogP contribution >= 0.6 is 0 Å². The lowest BCUT2D eigenvalue weighted by atomic mass is 10.1. The van der Waals surface area contributed by atoms with E-state index in [4.69, 9.17) is 4.98 Å². The molecule has 0 saturated carbocycles. The largest absolute Gasteiger partial charge is 0.304 e. The van der Waals surface area contributed by atoms with Crippen LogP contribution in [0, 0.1) is 0 Å². The molecule has 6 nitrogen and oxygen atoms in total. The summed E-state index contributed by atoms with van der Waals surface area (Å²) in [5, 5.41) is 2.40. The monoisotopic (exact) mass is 372 g/mol. The molecule has 140 valence electrons. The number of hydrogen-bond acceptors (Lipinski definition) is 4. The fourth-order valence-corrected chi connectivity index (χ4v) is 3.46. The Morgan fingerprint density at radius 2 is 1.86 bits per heavy atom. The predicted molar refractivity (Wildman–Crippen MR) is 112 cm³/mol. The highest BCUT2D eigenvalue weighted by Crippen LogP contribution is 2.23. The van der Waals surface area contributed by atoms with Crippen LogP contribution in [0.1, 0.15) is 17.3 Å². The lowest BCUT2D eigenvalue weighted by Gasteiger charge is -2.10. The molecule has 0 radical (unpaired) electrons. The van der Waals surface area contributed by atoms with Crippen molar-refractivity contribution < 1.29 is 4.79 Å². The van der Waals surface area contributed by atoms with Gasteiger partial charge >= 0.3 is 0 Å². The second-order valence-corrected chi connectivity index (χ2v) is 7.11. The number of aromatic nitrogens is 2. The van der Waals surface area contributed by atoms with Crippen LogP contribution < -0.4 is 5.56 Å². The summed E-state index contributed by atoms with van der Waals surface area (Å²) in [6.07, 6.45) is 1.63. The summed E-state index contributed by atoms with van der Waals surface area (Å²) >= 11 is 0. The van der Waals surface area contributed by atoms with Gasteiger partial charge in [0, 0.05) is 23.8 Å². The van der Waals surface area contributed by atoms with Gasteiger partial charge in [-0.05, 0) is 44.6 Å². The Hall–Kier alpha value is -3.38. The van der Waals surface area contributed by atoms with E-state index in [2.05, 4.69) is 4.99 Å². The van der Waals surface area contributed by atoms with E-state index in [-0.39, 0.29) is 5.56 Å². The number of amides is 1. The van der Waals surface area contributed by atoms with E-state index in [1.807, 2.05) is 56.3 Å². The minimum atomic E-state index is -0.399. The van der Waals surface area contributed by atoms with Gasteiger partial charge in [-0.25, -0.2) is 9.98 Å². The van der Waals surface area contributed by atoms with Crippen LogP contribution in [0.4, 0.5) is 0 Å². The molecule has 0 aliphatic heterocycles. The van der Waals surface area contributed by atoms with Crippen molar-refractivity contribution in [2.24, 2.45) is 4.99 Å². The normalized spacial score (nSPS) is 12.4. The standard InChI is InChI=1S/C22H20N4O2/c1-14(13-25(2)3)23-21(27)18-9-6-12-26-20(18)24-19-16-8-5-4-7-15(16)10-11-17(19)22(26)28/h4-12H,13H2,1-3H3. The molecule has 0 spiro atoms. The zero-order valence-corrected chi connectivity index (χ0v) is 16.0. The summed E-state index contributed by atoms with van der Waals surface area (Å²) in [6, 6.07) is 14.8. The van der Waals surface area contributed by atoms with Crippen LogP contribution in [0.25, 0.3) is 27.3 Å². The Kier molecular flexibility index (Phi) is 4.49. The van der Waals surface area contributed by atoms with E-state index in [0.717, 1.165) is 10.8 Å². The molecular formula is C22H20N4O2. The molecule has 4 rings (SSSR count). The summed E-state index contributed by atoms with van der Waals surface area (Å²) < 4.78 is 1.42. The maximum Gasteiger partial charge on any atom is 0.280 e. The highest BCUT2D eigenvalue weighted by molar-refractivity contribution is 6.09. The molecular weight excluding hydrogens is 352 g/mol. The maximum absolute atomic E-state index is 13.0. The van der Waals surface area contributed by atoms with Crippen molar-refractivity contribution in [2.45, 2.75) is 6.92 Å². The number of aliphatic imine (C=N–C) groups is 1. The van der Waals surface area contributed by atoms with Gasteiger partial charge in [0.05, 0.1) is 16.5 Å². The third-order valence-corrected chi connectivity index (χ3v) is 4.60. The molecule has 0 N–H and O–H groups in total. The Morgan fingerprint density at radius 3 is 2.64 bits per heavy atom. The van der Waals surface area contributed by atoms with Crippen molar-refractivity contribution >= 4 is 38.9 Å². The molecule has 2 aromatic carbocycles. The summed E-state index contributed by atoms with van der Waals surface area (Å²) in [6.45, 7) is 2.39. The van der Waals surface area contributed by atoms with E-state index in [0.29, 0.717) is 34.4 Å². The van der Waals surface area contributed by atoms with Crippen molar-refractivity contribution in [2.75, 3.05) is 20.6 Å². The molecule has 0 bridgehead atoms. The second kappa shape index (κ2) is 6.98. The summed E-state index contributed by atoms with van der Waals surface area (Å²) in [5.74, 6) is -0.399.